The van der Waals surface area contributed by atoms with Crippen LogP contribution in [0, 0.1) is 10.8 Å². The summed E-state index contributed by atoms with van der Waals surface area (Å²) < 4.78 is 5.29. The minimum absolute atomic E-state index is 0.0118. The van der Waals surface area contributed by atoms with Crippen LogP contribution in [0.4, 0.5) is 0 Å². The number of carbonyl (C=O) groups is 2. The monoisotopic (exact) mass is 289 g/mol. The summed E-state index contributed by atoms with van der Waals surface area (Å²) in [6, 6.07) is 9.79. The van der Waals surface area contributed by atoms with E-state index in [9.17, 15) is 9.59 Å². The Kier molecular flexibility index (Phi) is 3.83. The number of hydrogen-bond acceptors (Lipinski definition) is 3. The fourth-order valence-corrected chi connectivity index (χ4v) is 2.64. The van der Waals surface area contributed by atoms with Gasteiger partial charge in [0.1, 0.15) is 0 Å². The van der Waals surface area contributed by atoms with Crippen molar-refractivity contribution in [1.82, 2.24) is 4.90 Å². The lowest BCUT2D eigenvalue weighted by atomic mass is 9.71. The van der Waals surface area contributed by atoms with E-state index in [1.807, 2.05) is 44.2 Å². The van der Waals surface area contributed by atoms with Crippen LogP contribution in [0.25, 0.3) is 0 Å². The van der Waals surface area contributed by atoms with Crippen molar-refractivity contribution in [1.29, 1.82) is 0 Å². The van der Waals surface area contributed by atoms with Crippen LogP contribution in [0.1, 0.15) is 46.2 Å². The molecule has 4 heteroatoms. The lowest BCUT2D eigenvalue weighted by Crippen LogP contribution is -2.61. The molecule has 1 amide bonds. The largest absolute Gasteiger partial charge is 0.444 e. The fraction of sp³-hybridized carbons (Fsp3) is 0.529. The van der Waals surface area contributed by atoms with Crippen molar-refractivity contribution in [2.24, 2.45) is 10.8 Å². The summed E-state index contributed by atoms with van der Waals surface area (Å²) in [5, 5.41) is 0. The predicted molar refractivity (Wildman–Crippen MR) is 80.2 cm³/mol. The quantitative estimate of drug-likeness (QED) is 0.634. The van der Waals surface area contributed by atoms with Crippen LogP contribution < -0.4 is 0 Å². The summed E-state index contributed by atoms with van der Waals surface area (Å²) in [4.78, 5) is 25.7. The SMILES string of the molecule is CC(C)(C)C(=O)OCN1C(=O)C(C)(C)C1c1ccccc1. The normalized spacial score (nSPS) is 20.9. The second-order valence-corrected chi connectivity index (χ2v) is 7.12. The minimum Gasteiger partial charge on any atom is -0.444 e. The van der Waals surface area contributed by atoms with E-state index in [4.69, 9.17) is 4.74 Å². The molecule has 1 unspecified atom stereocenters. The maximum atomic E-state index is 12.3. The maximum Gasteiger partial charge on any atom is 0.312 e. The zero-order chi connectivity index (χ0) is 15.8. The van der Waals surface area contributed by atoms with E-state index < -0.39 is 10.8 Å². The fourth-order valence-electron chi connectivity index (χ4n) is 2.64. The highest BCUT2D eigenvalue weighted by molar-refractivity contribution is 5.90. The van der Waals surface area contributed by atoms with Gasteiger partial charge in [0.15, 0.2) is 6.73 Å². The Morgan fingerprint density at radius 1 is 1.24 bits per heavy atom. The molecule has 1 aromatic carbocycles. The molecule has 0 bridgehead atoms. The molecule has 1 fully saturated rings. The van der Waals surface area contributed by atoms with Crippen LogP contribution >= 0.6 is 0 Å². The zero-order valence-electron chi connectivity index (χ0n) is 13.3. The number of hydrogen-bond donors (Lipinski definition) is 0. The molecule has 1 aliphatic heterocycles. The number of ether oxygens (including phenoxy) is 1. The first-order chi connectivity index (χ1) is 9.65. The van der Waals surface area contributed by atoms with Gasteiger partial charge in [0.25, 0.3) is 0 Å². The molecule has 1 atom stereocenters. The first kappa shape index (κ1) is 15.5. The van der Waals surface area contributed by atoms with Crippen LogP contribution in [0.3, 0.4) is 0 Å². The Morgan fingerprint density at radius 2 is 1.81 bits per heavy atom. The average Bonchev–Trinajstić information content (AvgIpc) is 2.41. The standard InChI is InChI=1S/C17H23NO3/c1-16(2,3)15(20)21-11-18-13(17(4,5)14(18)19)12-9-7-6-8-10-12/h6-10,13H,11H2,1-5H3. The Labute approximate surface area is 126 Å². The highest BCUT2D eigenvalue weighted by Gasteiger charge is 2.55. The van der Waals surface area contributed by atoms with Gasteiger partial charge in [0, 0.05) is 0 Å². The van der Waals surface area contributed by atoms with Crippen LogP contribution in [-0.2, 0) is 14.3 Å². The maximum absolute atomic E-state index is 12.3. The predicted octanol–water partition coefficient (Wildman–Crippen LogP) is 3.14. The molecule has 0 aromatic heterocycles. The molecular formula is C17H23NO3. The molecule has 0 radical (unpaired) electrons. The number of rotatable bonds is 3. The topological polar surface area (TPSA) is 46.6 Å². The summed E-state index contributed by atoms with van der Waals surface area (Å²) in [7, 11) is 0. The summed E-state index contributed by atoms with van der Waals surface area (Å²) in [5.41, 5.74) is 0.0372. The summed E-state index contributed by atoms with van der Waals surface area (Å²) in [6.45, 7) is 9.26. The summed E-state index contributed by atoms with van der Waals surface area (Å²) in [5.74, 6) is -0.287. The molecule has 1 heterocycles. The van der Waals surface area contributed by atoms with Gasteiger partial charge >= 0.3 is 5.97 Å². The number of carbonyl (C=O) groups excluding carboxylic acids is 2. The van der Waals surface area contributed by atoms with Gasteiger partial charge < -0.3 is 9.64 Å². The first-order valence-corrected chi connectivity index (χ1v) is 7.19. The highest BCUT2D eigenvalue weighted by Crippen LogP contribution is 2.49. The molecular weight excluding hydrogens is 266 g/mol. The van der Waals surface area contributed by atoms with Crippen molar-refractivity contribution < 1.29 is 14.3 Å². The number of benzene rings is 1. The van der Waals surface area contributed by atoms with E-state index in [0.29, 0.717) is 0 Å². The first-order valence-electron chi connectivity index (χ1n) is 7.19. The Bertz CT molecular complexity index is 543. The molecule has 1 saturated heterocycles. The third-order valence-corrected chi connectivity index (χ3v) is 3.87. The van der Waals surface area contributed by atoms with Crippen molar-refractivity contribution in [3.05, 3.63) is 35.9 Å². The number of amides is 1. The number of likely N-dealkylation sites (tertiary alicyclic amines) is 1. The van der Waals surface area contributed by atoms with Crippen molar-refractivity contribution in [2.75, 3.05) is 6.73 Å². The second-order valence-electron chi connectivity index (χ2n) is 7.12. The van der Waals surface area contributed by atoms with E-state index in [0.717, 1.165) is 5.56 Å². The molecule has 0 saturated carbocycles. The van der Waals surface area contributed by atoms with E-state index in [2.05, 4.69) is 0 Å². The molecule has 21 heavy (non-hydrogen) atoms. The number of β-lactam (4-membered cyclic amide) rings is 1. The average molecular weight is 289 g/mol. The van der Waals surface area contributed by atoms with E-state index in [1.165, 1.54) is 0 Å². The molecule has 1 aliphatic rings. The van der Waals surface area contributed by atoms with Gasteiger partial charge in [-0.3, -0.25) is 9.59 Å². The highest BCUT2D eigenvalue weighted by atomic mass is 16.5. The van der Waals surface area contributed by atoms with Crippen molar-refractivity contribution in [2.45, 2.75) is 40.7 Å². The van der Waals surface area contributed by atoms with E-state index in [1.54, 1.807) is 25.7 Å². The smallest absolute Gasteiger partial charge is 0.312 e. The van der Waals surface area contributed by atoms with Crippen LogP contribution in [0.15, 0.2) is 30.3 Å². The van der Waals surface area contributed by atoms with Crippen LogP contribution in [-0.4, -0.2) is 23.5 Å². The molecule has 114 valence electrons. The van der Waals surface area contributed by atoms with Crippen molar-refractivity contribution >= 4 is 11.9 Å². The minimum atomic E-state index is -0.564. The van der Waals surface area contributed by atoms with Crippen LogP contribution in [0.5, 0.6) is 0 Å². The number of esters is 1. The van der Waals surface area contributed by atoms with E-state index in [-0.39, 0.29) is 24.6 Å². The zero-order valence-corrected chi connectivity index (χ0v) is 13.3. The second kappa shape index (κ2) is 5.17. The van der Waals surface area contributed by atoms with E-state index >= 15 is 0 Å². The van der Waals surface area contributed by atoms with Crippen molar-refractivity contribution in [3.8, 4) is 0 Å². The molecule has 0 N–H and O–H groups in total. The van der Waals surface area contributed by atoms with Gasteiger partial charge in [0.05, 0.1) is 16.9 Å². The lowest BCUT2D eigenvalue weighted by molar-refractivity contribution is -0.187. The Hall–Kier alpha value is -1.84. The molecule has 1 aromatic rings. The summed E-state index contributed by atoms with van der Waals surface area (Å²) >= 11 is 0. The third-order valence-electron chi connectivity index (χ3n) is 3.87. The molecule has 0 spiro atoms. The van der Waals surface area contributed by atoms with Gasteiger partial charge in [0.2, 0.25) is 5.91 Å². The van der Waals surface area contributed by atoms with Crippen LogP contribution in [0.2, 0.25) is 0 Å². The molecule has 4 nitrogen and oxygen atoms in total. The van der Waals surface area contributed by atoms with Gasteiger partial charge in [-0.1, -0.05) is 30.3 Å². The van der Waals surface area contributed by atoms with Gasteiger partial charge in [-0.05, 0) is 40.2 Å². The van der Waals surface area contributed by atoms with Crippen molar-refractivity contribution in [3.63, 3.8) is 0 Å². The third kappa shape index (κ3) is 2.80. The molecule has 2 rings (SSSR count). The van der Waals surface area contributed by atoms with Gasteiger partial charge in [-0.25, -0.2) is 0 Å². The Balaban J connectivity index is 2.12. The van der Waals surface area contributed by atoms with Gasteiger partial charge in [-0.15, -0.1) is 0 Å². The molecule has 0 aliphatic carbocycles. The number of nitrogens with zero attached hydrogens (tertiary/aromatic N) is 1. The lowest BCUT2D eigenvalue weighted by Gasteiger charge is -2.52. The summed E-state index contributed by atoms with van der Waals surface area (Å²) in [6.07, 6.45) is 0. The van der Waals surface area contributed by atoms with Gasteiger partial charge in [-0.2, -0.15) is 0 Å². The Morgan fingerprint density at radius 3 is 2.33 bits per heavy atom.